The van der Waals surface area contributed by atoms with Crippen LogP contribution in [0, 0.1) is 0 Å². The first-order valence-corrected chi connectivity index (χ1v) is 10.1. The summed E-state index contributed by atoms with van der Waals surface area (Å²) in [4.78, 5) is 26.8. The summed E-state index contributed by atoms with van der Waals surface area (Å²) in [5.74, 6) is 0.216. The summed E-state index contributed by atoms with van der Waals surface area (Å²) in [6, 6.07) is 28.7. The van der Waals surface area contributed by atoms with Crippen LogP contribution >= 0.6 is 11.8 Å². The van der Waals surface area contributed by atoms with E-state index in [1.165, 1.54) is 11.8 Å². The molecule has 140 valence electrons. The summed E-state index contributed by atoms with van der Waals surface area (Å²) in [6.07, 6.45) is 0.164. The van der Waals surface area contributed by atoms with E-state index in [0.717, 1.165) is 16.9 Å². The van der Waals surface area contributed by atoms with Gasteiger partial charge in [-0.25, -0.2) is 0 Å². The molecule has 1 aliphatic rings. The van der Waals surface area contributed by atoms with E-state index in [-0.39, 0.29) is 18.2 Å². The van der Waals surface area contributed by atoms with Gasteiger partial charge in [0.25, 0.3) is 0 Å². The quantitative estimate of drug-likeness (QED) is 0.692. The van der Waals surface area contributed by atoms with Crippen LogP contribution < -0.4 is 10.2 Å². The van der Waals surface area contributed by atoms with E-state index < -0.39 is 4.87 Å². The van der Waals surface area contributed by atoms with Gasteiger partial charge in [-0.2, -0.15) is 0 Å². The number of para-hydroxylation sites is 2. The molecule has 1 N–H and O–H groups in total. The van der Waals surface area contributed by atoms with Gasteiger partial charge in [0.15, 0.2) is 0 Å². The third-order valence-electron chi connectivity index (χ3n) is 4.74. The number of amides is 2. The fourth-order valence-electron chi connectivity index (χ4n) is 3.53. The van der Waals surface area contributed by atoms with Crippen LogP contribution in [0.1, 0.15) is 12.0 Å². The molecule has 0 aromatic heterocycles. The molecule has 0 unspecified atom stereocenters. The molecular weight excluding hydrogens is 368 g/mol. The Kier molecular flexibility index (Phi) is 5.17. The third-order valence-corrected chi connectivity index (χ3v) is 6.17. The van der Waals surface area contributed by atoms with Gasteiger partial charge >= 0.3 is 0 Å². The molecule has 2 amide bonds. The summed E-state index contributed by atoms with van der Waals surface area (Å²) in [7, 11) is 0. The molecule has 1 fully saturated rings. The Bertz CT molecular complexity index is 964. The molecule has 28 heavy (non-hydrogen) atoms. The van der Waals surface area contributed by atoms with Crippen LogP contribution in [-0.2, 0) is 14.5 Å². The van der Waals surface area contributed by atoms with Gasteiger partial charge in [-0.05, 0) is 29.8 Å². The van der Waals surface area contributed by atoms with E-state index in [1.807, 2.05) is 91.0 Å². The Morgan fingerprint density at radius 2 is 1.46 bits per heavy atom. The minimum Gasteiger partial charge on any atom is -0.326 e. The highest BCUT2D eigenvalue weighted by Gasteiger charge is 2.49. The van der Waals surface area contributed by atoms with Crippen molar-refractivity contribution in [2.24, 2.45) is 0 Å². The van der Waals surface area contributed by atoms with Crippen molar-refractivity contribution in [3.8, 4) is 0 Å². The molecule has 0 spiro atoms. The first-order valence-electron chi connectivity index (χ1n) is 9.11. The third kappa shape index (κ3) is 3.53. The molecule has 0 aliphatic carbocycles. The van der Waals surface area contributed by atoms with Gasteiger partial charge in [0, 0.05) is 11.4 Å². The zero-order valence-corrected chi connectivity index (χ0v) is 16.1. The van der Waals surface area contributed by atoms with Crippen molar-refractivity contribution in [3.63, 3.8) is 0 Å². The Labute approximate surface area is 168 Å². The smallest absolute Gasteiger partial charge is 0.238 e. The van der Waals surface area contributed by atoms with Crippen LogP contribution in [-0.4, -0.2) is 17.6 Å². The average Bonchev–Trinajstić information content (AvgIpc) is 3.07. The molecule has 3 aromatic rings. The van der Waals surface area contributed by atoms with E-state index in [4.69, 9.17) is 0 Å². The number of rotatable bonds is 5. The molecule has 1 aliphatic heterocycles. The highest BCUT2D eigenvalue weighted by molar-refractivity contribution is 8.01. The Morgan fingerprint density at radius 3 is 2.11 bits per heavy atom. The van der Waals surface area contributed by atoms with Crippen LogP contribution in [0.2, 0.25) is 0 Å². The lowest BCUT2D eigenvalue weighted by atomic mass is 9.99. The Morgan fingerprint density at radius 1 is 0.893 bits per heavy atom. The topological polar surface area (TPSA) is 49.4 Å². The summed E-state index contributed by atoms with van der Waals surface area (Å²) in [5.41, 5.74) is 2.49. The van der Waals surface area contributed by atoms with Gasteiger partial charge in [-0.3, -0.25) is 14.5 Å². The van der Waals surface area contributed by atoms with Gasteiger partial charge < -0.3 is 5.32 Å². The molecule has 0 bridgehead atoms. The molecule has 4 rings (SSSR count). The lowest BCUT2D eigenvalue weighted by Gasteiger charge is -2.37. The predicted molar refractivity (Wildman–Crippen MR) is 114 cm³/mol. The fourth-order valence-corrected chi connectivity index (χ4v) is 4.89. The van der Waals surface area contributed by atoms with Crippen LogP contribution in [0.15, 0.2) is 91.0 Å². The van der Waals surface area contributed by atoms with Crippen LogP contribution in [0.4, 0.5) is 11.4 Å². The van der Waals surface area contributed by atoms with E-state index in [0.29, 0.717) is 5.75 Å². The van der Waals surface area contributed by atoms with Gasteiger partial charge in [-0.15, -0.1) is 11.8 Å². The summed E-state index contributed by atoms with van der Waals surface area (Å²) < 4.78 is 0. The monoisotopic (exact) mass is 388 g/mol. The highest BCUT2D eigenvalue weighted by Crippen LogP contribution is 2.50. The van der Waals surface area contributed by atoms with Crippen molar-refractivity contribution in [3.05, 3.63) is 96.6 Å². The Hall–Kier alpha value is -3.05. The molecule has 1 heterocycles. The number of hydrogen-bond acceptors (Lipinski definition) is 3. The molecule has 1 atom stereocenters. The largest absolute Gasteiger partial charge is 0.326 e. The van der Waals surface area contributed by atoms with Crippen molar-refractivity contribution >= 4 is 35.0 Å². The molecular formula is C23H20N2O2S. The fraction of sp³-hybridized carbons (Fsp3) is 0.130. The van der Waals surface area contributed by atoms with Crippen LogP contribution in [0.3, 0.4) is 0 Å². The van der Waals surface area contributed by atoms with E-state index in [9.17, 15) is 9.59 Å². The number of carbonyl (C=O) groups is 2. The summed E-state index contributed by atoms with van der Waals surface area (Å²) in [5, 5.41) is 2.96. The first-order chi connectivity index (χ1) is 13.7. The summed E-state index contributed by atoms with van der Waals surface area (Å²) >= 11 is 1.51. The summed E-state index contributed by atoms with van der Waals surface area (Å²) in [6.45, 7) is 0. The molecule has 5 heteroatoms. The van der Waals surface area contributed by atoms with Crippen LogP contribution in [0.5, 0.6) is 0 Å². The van der Waals surface area contributed by atoms with Crippen molar-refractivity contribution in [2.45, 2.75) is 11.3 Å². The normalized spacial score (nSPS) is 18.9. The maximum absolute atomic E-state index is 13.0. The maximum Gasteiger partial charge on any atom is 0.238 e. The molecule has 1 saturated heterocycles. The number of nitrogens with zero attached hydrogens (tertiary/aromatic N) is 1. The number of hydrogen-bond donors (Lipinski definition) is 1. The van der Waals surface area contributed by atoms with Crippen molar-refractivity contribution in [1.82, 2.24) is 0 Å². The van der Waals surface area contributed by atoms with Crippen molar-refractivity contribution in [2.75, 3.05) is 16.0 Å². The lowest BCUT2D eigenvalue weighted by Crippen LogP contribution is -2.44. The molecule has 4 nitrogen and oxygen atoms in total. The predicted octanol–water partition coefficient (Wildman–Crippen LogP) is 4.65. The highest BCUT2D eigenvalue weighted by atomic mass is 32.2. The SMILES string of the molecule is O=C(C[C@]1(c2ccccc2)SCC(=O)N1c1ccccc1)Nc1ccccc1. The van der Waals surface area contributed by atoms with E-state index >= 15 is 0 Å². The van der Waals surface area contributed by atoms with Gasteiger partial charge in [-0.1, -0.05) is 66.7 Å². The van der Waals surface area contributed by atoms with Gasteiger partial charge in [0.2, 0.25) is 11.8 Å². The van der Waals surface area contributed by atoms with Crippen LogP contribution in [0.25, 0.3) is 0 Å². The second-order valence-electron chi connectivity index (χ2n) is 6.59. The zero-order valence-electron chi connectivity index (χ0n) is 15.2. The van der Waals surface area contributed by atoms with Gasteiger partial charge in [0.1, 0.15) is 4.87 Å². The zero-order chi connectivity index (χ0) is 19.4. The number of anilines is 2. The molecule has 0 saturated carbocycles. The standard InChI is InChI=1S/C23H20N2O2S/c26-21(24-19-12-6-2-7-13-19)16-23(18-10-4-1-5-11-18)25(22(27)17-28-23)20-14-8-3-9-15-20/h1-15H,16-17H2,(H,24,26)/t23-/m1/s1. The van der Waals surface area contributed by atoms with Crippen molar-refractivity contribution in [1.29, 1.82) is 0 Å². The average molecular weight is 388 g/mol. The number of benzene rings is 3. The van der Waals surface area contributed by atoms with E-state index in [2.05, 4.69) is 5.32 Å². The van der Waals surface area contributed by atoms with E-state index in [1.54, 1.807) is 4.90 Å². The molecule has 0 radical (unpaired) electrons. The number of thioether (sulfide) groups is 1. The second kappa shape index (κ2) is 7.90. The minimum absolute atomic E-state index is 0.00700. The minimum atomic E-state index is -0.779. The lowest BCUT2D eigenvalue weighted by molar-refractivity contribution is -0.117. The second-order valence-corrected chi connectivity index (χ2v) is 7.85. The first kappa shape index (κ1) is 18.3. The maximum atomic E-state index is 13.0. The van der Waals surface area contributed by atoms with Crippen molar-refractivity contribution < 1.29 is 9.59 Å². The Balaban J connectivity index is 1.73. The molecule has 3 aromatic carbocycles. The van der Waals surface area contributed by atoms with Gasteiger partial charge in [0.05, 0.1) is 12.2 Å². The number of carbonyl (C=O) groups excluding carboxylic acids is 2. The number of nitrogens with one attached hydrogen (secondary N) is 1.